The molecule has 152 valence electrons. The lowest BCUT2D eigenvalue weighted by atomic mass is 9.67. The molecule has 2 bridgehead atoms. The van der Waals surface area contributed by atoms with Gasteiger partial charge in [0.05, 0.1) is 17.0 Å². The van der Waals surface area contributed by atoms with Crippen molar-refractivity contribution in [3.8, 4) is 0 Å². The van der Waals surface area contributed by atoms with Crippen LogP contribution >= 0.6 is 15.9 Å². The number of allylic oxidation sites excluding steroid dienone is 2. The Labute approximate surface area is 183 Å². The first-order chi connectivity index (χ1) is 14.4. The first-order valence-corrected chi connectivity index (χ1v) is 10.9. The van der Waals surface area contributed by atoms with Crippen molar-refractivity contribution in [2.24, 2.45) is 23.2 Å². The summed E-state index contributed by atoms with van der Waals surface area (Å²) in [6.07, 6.45) is 4.84. The van der Waals surface area contributed by atoms with Gasteiger partial charge in [0.2, 0.25) is 17.7 Å². The number of amides is 3. The van der Waals surface area contributed by atoms with E-state index in [9.17, 15) is 14.4 Å². The third-order valence-corrected chi connectivity index (χ3v) is 7.65. The highest BCUT2D eigenvalue weighted by Crippen LogP contribution is 2.62. The molecule has 1 heterocycles. The molecule has 0 aromatic heterocycles. The fourth-order valence-electron chi connectivity index (χ4n) is 5.43. The van der Waals surface area contributed by atoms with Gasteiger partial charge in [0, 0.05) is 16.6 Å². The Kier molecular flexibility index (Phi) is 4.43. The predicted molar refractivity (Wildman–Crippen MR) is 118 cm³/mol. The topological polar surface area (TPSA) is 66.5 Å². The van der Waals surface area contributed by atoms with Crippen LogP contribution in [-0.2, 0) is 14.4 Å². The number of fused-ring (bicyclic) bond motifs is 5. The smallest absolute Gasteiger partial charge is 0.241 e. The van der Waals surface area contributed by atoms with Gasteiger partial charge in [-0.15, -0.1) is 0 Å². The molecule has 5 nitrogen and oxygen atoms in total. The number of hydrogen-bond donors (Lipinski definition) is 1. The molecule has 2 fully saturated rings. The molecule has 1 aliphatic heterocycles. The van der Waals surface area contributed by atoms with Gasteiger partial charge in [0.1, 0.15) is 0 Å². The largest absolute Gasteiger partial charge is 0.326 e. The van der Waals surface area contributed by atoms with E-state index in [-0.39, 0.29) is 36.0 Å². The summed E-state index contributed by atoms with van der Waals surface area (Å²) in [6, 6.07) is 14.7. The SMILES string of the molecule is Cc1cc(N2C(=O)[C@H]3[C@H]4C=C[C@H](C4)[C@@]3(CC(=O)Nc3ccccc3)C2=O)ccc1Br. The van der Waals surface area contributed by atoms with Gasteiger partial charge in [-0.25, -0.2) is 4.90 Å². The molecular formula is C24H21BrN2O3. The van der Waals surface area contributed by atoms with Crippen molar-refractivity contribution in [3.05, 3.63) is 70.7 Å². The van der Waals surface area contributed by atoms with Crippen LogP contribution in [0.25, 0.3) is 0 Å². The van der Waals surface area contributed by atoms with E-state index in [1.54, 1.807) is 6.07 Å². The number of hydrogen-bond acceptors (Lipinski definition) is 3. The van der Waals surface area contributed by atoms with Crippen LogP contribution < -0.4 is 10.2 Å². The summed E-state index contributed by atoms with van der Waals surface area (Å²) in [7, 11) is 0. The average molecular weight is 465 g/mol. The number of rotatable bonds is 4. The lowest BCUT2D eigenvalue weighted by Gasteiger charge is -2.32. The summed E-state index contributed by atoms with van der Waals surface area (Å²) in [6.45, 7) is 1.92. The number of nitrogens with zero attached hydrogens (tertiary/aromatic N) is 1. The summed E-state index contributed by atoms with van der Waals surface area (Å²) in [5.74, 6) is -1.23. The molecule has 0 radical (unpaired) electrons. The van der Waals surface area contributed by atoms with Gasteiger partial charge in [-0.2, -0.15) is 0 Å². The first-order valence-electron chi connectivity index (χ1n) is 10.1. The maximum absolute atomic E-state index is 13.8. The fraction of sp³-hybridized carbons (Fsp3) is 0.292. The van der Waals surface area contributed by atoms with E-state index in [1.807, 2.05) is 61.5 Å². The number of carbonyl (C=O) groups excluding carboxylic acids is 3. The normalized spacial score (nSPS) is 28.9. The van der Waals surface area contributed by atoms with Gasteiger partial charge < -0.3 is 5.32 Å². The van der Waals surface area contributed by atoms with Crippen LogP contribution in [0.1, 0.15) is 18.4 Å². The highest BCUT2D eigenvalue weighted by Gasteiger charge is 2.70. The predicted octanol–water partition coefficient (Wildman–Crippen LogP) is 4.47. The Morgan fingerprint density at radius 2 is 1.93 bits per heavy atom. The molecule has 1 saturated carbocycles. The zero-order valence-electron chi connectivity index (χ0n) is 16.5. The minimum Gasteiger partial charge on any atom is -0.326 e. The highest BCUT2D eigenvalue weighted by molar-refractivity contribution is 9.10. The summed E-state index contributed by atoms with van der Waals surface area (Å²) in [5.41, 5.74) is 1.20. The first kappa shape index (κ1) is 19.2. The lowest BCUT2D eigenvalue weighted by molar-refractivity contribution is -0.133. The maximum atomic E-state index is 13.8. The second-order valence-corrected chi connectivity index (χ2v) is 9.27. The Morgan fingerprint density at radius 1 is 1.17 bits per heavy atom. The monoisotopic (exact) mass is 464 g/mol. The highest BCUT2D eigenvalue weighted by atomic mass is 79.9. The van der Waals surface area contributed by atoms with Crippen molar-refractivity contribution in [1.29, 1.82) is 0 Å². The number of para-hydroxylation sites is 1. The minimum atomic E-state index is -1.00. The number of benzene rings is 2. The quantitative estimate of drug-likeness (QED) is 0.536. The summed E-state index contributed by atoms with van der Waals surface area (Å²) in [5, 5.41) is 2.89. The van der Waals surface area contributed by atoms with Crippen LogP contribution in [0.5, 0.6) is 0 Å². The number of carbonyl (C=O) groups is 3. The molecule has 30 heavy (non-hydrogen) atoms. The van der Waals surface area contributed by atoms with E-state index >= 15 is 0 Å². The summed E-state index contributed by atoms with van der Waals surface area (Å²) in [4.78, 5) is 41.5. The molecule has 5 rings (SSSR count). The van der Waals surface area contributed by atoms with Crippen molar-refractivity contribution < 1.29 is 14.4 Å². The third kappa shape index (κ3) is 2.70. The van der Waals surface area contributed by atoms with Crippen LogP contribution in [0, 0.1) is 30.1 Å². The fourth-order valence-corrected chi connectivity index (χ4v) is 5.68. The molecular weight excluding hydrogens is 444 g/mol. The second-order valence-electron chi connectivity index (χ2n) is 8.41. The van der Waals surface area contributed by atoms with E-state index in [0.29, 0.717) is 11.4 Å². The van der Waals surface area contributed by atoms with Gasteiger partial charge >= 0.3 is 0 Å². The number of nitrogens with one attached hydrogen (secondary N) is 1. The van der Waals surface area contributed by atoms with Gasteiger partial charge in [-0.1, -0.05) is 46.3 Å². The zero-order valence-corrected chi connectivity index (χ0v) is 18.1. The number of halogens is 1. The minimum absolute atomic E-state index is 0.00858. The van der Waals surface area contributed by atoms with E-state index in [0.717, 1.165) is 16.5 Å². The summed E-state index contributed by atoms with van der Waals surface area (Å²) < 4.78 is 0.921. The molecule has 2 aromatic rings. The third-order valence-electron chi connectivity index (χ3n) is 6.76. The van der Waals surface area contributed by atoms with E-state index in [2.05, 4.69) is 21.2 Å². The van der Waals surface area contributed by atoms with Crippen LogP contribution in [0.4, 0.5) is 11.4 Å². The van der Waals surface area contributed by atoms with Gasteiger partial charge in [-0.05, 0) is 61.1 Å². The number of anilines is 2. The van der Waals surface area contributed by atoms with Crippen LogP contribution in [-0.4, -0.2) is 17.7 Å². The van der Waals surface area contributed by atoms with Crippen LogP contribution in [0.3, 0.4) is 0 Å². The van der Waals surface area contributed by atoms with Gasteiger partial charge in [0.15, 0.2) is 0 Å². The van der Waals surface area contributed by atoms with Gasteiger partial charge in [0.25, 0.3) is 0 Å². The Morgan fingerprint density at radius 3 is 2.67 bits per heavy atom. The molecule has 6 heteroatoms. The molecule has 4 atom stereocenters. The zero-order chi connectivity index (χ0) is 21.0. The van der Waals surface area contributed by atoms with E-state index in [4.69, 9.17) is 0 Å². The van der Waals surface area contributed by atoms with E-state index < -0.39 is 11.3 Å². The number of aryl methyl sites for hydroxylation is 1. The average Bonchev–Trinajstić information content (AvgIpc) is 3.37. The Hall–Kier alpha value is -2.73. The maximum Gasteiger partial charge on any atom is 0.241 e. The van der Waals surface area contributed by atoms with Crippen molar-refractivity contribution in [2.45, 2.75) is 19.8 Å². The van der Waals surface area contributed by atoms with Crippen LogP contribution in [0.2, 0.25) is 0 Å². The van der Waals surface area contributed by atoms with Crippen molar-refractivity contribution in [1.82, 2.24) is 0 Å². The molecule has 0 unspecified atom stereocenters. The molecule has 3 aliphatic rings. The standard InChI is InChI=1S/C24H21BrN2O3/c1-14-11-18(9-10-19(14)25)27-22(29)21-15-7-8-16(12-15)24(21,23(27)30)13-20(28)26-17-5-3-2-4-6-17/h2-11,15-16,21H,12-13H2,1H3,(H,26,28)/t15-,16+,21+,24+/m0/s1. The number of imide groups is 1. The molecule has 2 aromatic carbocycles. The Balaban J connectivity index is 1.51. The Bertz CT molecular complexity index is 1100. The molecule has 2 aliphatic carbocycles. The summed E-state index contributed by atoms with van der Waals surface area (Å²) >= 11 is 3.47. The molecule has 3 amide bonds. The van der Waals surface area contributed by atoms with Crippen molar-refractivity contribution >= 4 is 45.0 Å². The van der Waals surface area contributed by atoms with Crippen molar-refractivity contribution in [3.63, 3.8) is 0 Å². The van der Waals surface area contributed by atoms with E-state index in [1.165, 1.54) is 4.90 Å². The van der Waals surface area contributed by atoms with Crippen LogP contribution in [0.15, 0.2) is 65.2 Å². The molecule has 0 spiro atoms. The second kappa shape index (κ2) is 6.91. The van der Waals surface area contributed by atoms with Crippen molar-refractivity contribution in [2.75, 3.05) is 10.2 Å². The lowest BCUT2D eigenvalue weighted by Crippen LogP contribution is -2.43. The van der Waals surface area contributed by atoms with Gasteiger partial charge in [-0.3, -0.25) is 14.4 Å². The molecule has 1 saturated heterocycles. The molecule has 1 N–H and O–H groups in total.